The first-order valence-corrected chi connectivity index (χ1v) is 15.8. The van der Waals surface area contributed by atoms with Gasteiger partial charge in [0.25, 0.3) is 0 Å². The van der Waals surface area contributed by atoms with Gasteiger partial charge in [0.1, 0.15) is 11.7 Å². The Hall–Kier alpha value is -3.71. The van der Waals surface area contributed by atoms with Gasteiger partial charge in [-0.2, -0.15) is 0 Å². The second-order valence-corrected chi connectivity index (χ2v) is 11.7. The molecule has 0 radical (unpaired) electrons. The fourth-order valence-corrected chi connectivity index (χ4v) is 6.30. The van der Waals surface area contributed by atoms with E-state index in [0.29, 0.717) is 0 Å². The highest BCUT2D eigenvalue weighted by molar-refractivity contribution is 5.93. The van der Waals surface area contributed by atoms with Gasteiger partial charge in [0.05, 0.1) is 32.1 Å². The lowest BCUT2D eigenvalue weighted by atomic mass is 9.91. The van der Waals surface area contributed by atoms with Crippen molar-refractivity contribution >= 4 is 28.7 Å². The van der Waals surface area contributed by atoms with E-state index in [1.165, 1.54) is 22.4 Å². The molecule has 0 spiro atoms. The van der Waals surface area contributed by atoms with Crippen LogP contribution in [0.5, 0.6) is 0 Å². The second kappa shape index (κ2) is 13.9. The largest absolute Gasteiger partial charge is 0.379 e. The fourth-order valence-electron chi connectivity index (χ4n) is 6.30. The number of nitrogens with zero attached hydrogens (tertiary/aromatic N) is 8. The zero-order chi connectivity index (χ0) is 30.5. The maximum absolute atomic E-state index is 5.87. The molecule has 0 unspecified atom stereocenters. The van der Waals surface area contributed by atoms with Crippen LogP contribution in [0.25, 0.3) is 5.57 Å². The van der Waals surface area contributed by atoms with Gasteiger partial charge in [0.15, 0.2) is 0 Å². The van der Waals surface area contributed by atoms with E-state index in [1.54, 1.807) is 0 Å². The molecule has 2 saturated heterocycles. The molecule has 0 amide bonds. The van der Waals surface area contributed by atoms with E-state index >= 15 is 0 Å². The summed E-state index contributed by atoms with van der Waals surface area (Å²) >= 11 is 0. The molecular weight excluding hydrogens is 556 g/mol. The Balaban J connectivity index is 1.25. The van der Waals surface area contributed by atoms with Gasteiger partial charge in [0, 0.05) is 95.5 Å². The Morgan fingerprint density at radius 3 is 2.39 bits per heavy atom. The van der Waals surface area contributed by atoms with Gasteiger partial charge in [-0.05, 0) is 36.6 Å². The third-order valence-corrected chi connectivity index (χ3v) is 8.92. The van der Waals surface area contributed by atoms with Crippen LogP contribution in [0.1, 0.15) is 31.7 Å². The summed E-state index contributed by atoms with van der Waals surface area (Å²) in [6.45, 7) is 11.8. The van der Waals surface area contributed by atoms with E-state index in [-0.39, 0.29) is 5.95 Å². The average molecular weight is 603 g/mol. The number of nitrogens with two attached hydrogens (primary N) is 1. The van der Waals surface area contributed by atoms with Crippen LogP contribution in [-0.4, -0.2) is 117 Å². The predicted octanol–water partition coefficient (Wildman–Crippen LogP) is 2.60. The Bertz CT molecular complexity index is 1380. The summed E-state index contributed by atoms with van der Waals surface area (Å²) in [6.07, 6.45) is 6.26. The minimum absolute atomic E-state index is 0.283. The Kier molecular flexibility index (Phi) is 9.60. The zero-order valence-electron chi connectivity index (χ0n) is 26.3. The third-order valence-electron chi connectivity index (χ3n) is 8.92. The average Bonchev–Trinajstić information content (AvgIpc) is 3.36. The number of hydrogen-bond acceptors (Lipinski definition) is 12. The monoisotopic (exact) mass is 602 g/mol. The lowest BCUT2D eigenvalue weighted by Crippen LogP contribution is -2.47. The highest BCUT2D eigenvalue weighted by Gasteiger charge is 2.32. The van der Waals surface area contributed by atoms with Crippen LogP contribution in [0.3, 0.4) is 0 Å². The summed E-state index contributed by atoms with van der Waals surface area (Å²) in [7, 11) is 4.23. The normalized spacial score (nSPS) is 19.7. The molecule has 1 aromatic heterocycles. The number of amidine groups is 1. The summed E-state index contributed by atoms with van der Waals surface area (Å²) in [5.41, 5.74) is 16.5. The SMILES string of the molecule is CCC1=C(c2cnc(N)nc2)C2=C(N=C(N3CCOCC3)C1)N(NN(C)c1cccc(N(C)CCN3CCOCC3)c1)CC2. The molecule has 5 heterocycles. The summed E-state index contributed by atoms with van der Waals surface area (Å²) in [4.78, 5) is 21.2. The topological polar surface area (TPSA) is 111 Å². The number of hydrogen-bond donors (Lipinski definition) is 2. The van der Waals surface area contributed by atoms with Crippen molar-refractivity contribution in [3.05, 3.63) is 59.2 Å². The molecule has 4 aliphatic heterocycles. The number of aliphatic imine (C=N–C) groups is 1. The van der Waals surface area contributed by atoms with Crippen LogP contribution in [0.15, 0.2) is 58.6 Å². The van der Waals surface area contributed by atoms with Crippen molar-refractivity contribution in [3.8, 4) is 0 Å². The van der Waals surface area contributed by atoms with Crippen molar-refractivity contribution in [1.82, 2.24) is 30.3 Å². The van der Waals surface area contributed by atoms with Gasteiger partial charge in [-0.25, -0.2) is 15.0 Å². The number of nitrogens with one attached hydrogen (secondary N) is 1. The highest BCUT2D eigenvalue weighted by Crippen LogP contribution is 2.40. The van der Waals surface area contributed by atoms with Crippen molar-refractivity contribution in [2.45, 2.75) is 26.2 Å². The first-order chi connectivity index (χ1) is 21.5. The molecule has 2 fully saturated rings. The third kappa shape index (κ3) is 6.83. The quantitative estimate of drug-likeness (QED) is 0.413. The molecule has 0 saturated carbocycles. The van der Waals surface area contributed by atoms with E-state index in [2.05, 4.69) is 85.5 Å². The minimum atomic E-state index is 0.283. The predicted molar refractivity (Wildman–Crippen MR) is 175 cm³/mol. The number of rotatable bonds is 9. The maximum atomic E-state index is 5.87. The number of hydrazine groups is 2. The molecule has 236 valence electrons. The Morgan fingerprint density at radius 1 is 0.955 bits per heavy atom. The van der Waals surface area contributed by atoms with Crippen LogP contribution in [0, 0.1) is 0 Å². The van der Waals surface area contributed by atoms with Crippen LogP contribution in [0.2, 0.25) is 0 Å². The van der Waals surface area contributed by atoms with Gasteiger partial charge < -0.3 is 25.0 Å². The lowest BCUT2D eigenvalue weighted by Gasteiger charge is -2.32. The lowest BCUT2D eigenvalue weighted by molar-refractivity contribution is 0.0393. The maximum Gasteiger partial charge on any atom is 0.219 e. The first-order valence-electron chi connectivity index (χ1n) is 15.8. The van der Waals surface area contributed by atoms with Crippen LogP contribution < -0.4 is 21.2 Å². The van der Waals surface area contributed by atoms with Gasteiger partial charge in [-0.1, -0.05) is 18.6 Å². The molecule has 3 N–H and O–H groups in total. The number of aromatic nitrogens is 2. The molecule has 12 nitrogen and oxygen atoms in total. The molecule has 6 rings (SSSR count). The molecule has 2 aromatic rings. The molecule has 4 aliphatic rings. The molecule has 0 bridgehead atoms. The summed E-state index contributed by atoms with van der Waals surface area (Å²) in [5, 5.41) is 4.27. The van der Waals surface area contributed by atoms with Crippen molar-refractivity contribution in [2.24, 2.45) is 4.99 Å². The molecule has 0 aliphatic carbocycles. The van der Waals surface area contributed by atoms with Crippen molar-refractivity contribution in [1.29, 1.82) is 0 Å². The second-order valence-electron chi connectivity index (χ2n) is 11.7. The Labute approximate surface area is 260 Å². The first kappa shape index (κ1) is 30.3. The summed E-state index contributed by atoms with van der Waals surface area (Å²) in [6, 6.07) is 8.67. The van der Waals surface area contributed by atoms with E-state index in [0.717, 1.165) is 114 Å². The summed E-state index contributed by atoms with van der Waals surface area (Å²) < 4.78 is 11.2. The molecule has 1 aromatic carbocycles. The number of ether oxygens (including phenoxy) is 2. The smallest absolute Gasteiger partial charge is 0.219 e. The van der Waals surface area contributed by atoms with Gasteiger partial charge in [0.2, 0.25) is 5.95 Å². The summed E-state index contributed by atoms with van der Waals surface area (Å²) in [5.74, 6) is 2.32. The number of morpholine rings is 2. The zero-order valence-corrected chi connectivity index (χ0v) is 26.3. The van der Waals surface area contributed by atoms with Gasteiger partial charge in [-0.3, -0.25) is 14.9 Å². The molecular formula is C32H46N10O2. The fraction of sp³-hybridized carbons (Fsp3) is 0.531. The number of anilines is 3. The van der Waals surface area contributed by atoms with Crippen LogP contribution in [-0.2, 0) is 9.47 Å². The van der Waals surface area contributed by atoms with Crippen molar-refractivity contribution in [3.63, 3.8) is 0 Å². The molecule has 44 heavy (non-hydrogen) atoms. The molecule has 12 heteroatoms. The Morgan fingerprint density at radius 2 is 1.66 bits per heavy atom. The van der Waals surface area contributed by atoms with E-state index in [1.807, 2.05) is 12.4 Å². The molecule has 0 atom stereocenters. The van der Waals surface area contributed by atoms with Gasteiger partial charge in [-0.15, -0.1) is 5.53 Å². The van der Waals surface area contributed by atoms with E-state index in [4.69, 9.17) is 20.2 Å². The number of nitrogen functional groups attached to an aromatic ring is 1. The van der Waals surface area contributed by atoms with Crippen molar-refractivity contribution < 1.29 is 9.47 Å². The van der Waals surface area contributed by atoms with Crippen LogP contribution >= 0.6 is 0 Å². The standard InChI is InChI=1S/C32H46N10O2/c1-4-24-20-29(41-14-18-44-19-15-41)36-31-28(30(24)25-22-34-32(33)35-23-25)8-9-42(31)37-39(3)27-7-5-6-26(21-27)38(2)10-11-40-12-16-43-17-13-40/h5-7,21-23,37H,4,8-20H2,1-3H3,(H2,33,34,35). The number of allylic oxidation sites excluding steroid dienone is 1. The van der Waals surface area contributed by atoms with E-state index in [9.17, 15) is 0 Å². The highest BCUT2D eigenvalue weighted by atomic mass is 16.5. The minimum Gasteiger partial charge on any atom is -0.379 e. The van der Waals surface area contributed by atoms with E-state index < -0.39 is 0 Å². The number of likely N-dealkylation sites (N-methyl/N-ethyl adjacent to an activating group) is 1. The van der Waals surface area contributed by atoms with Gasteiger partial charge >= 0.3 is 0 Å². The van der Waals surface area contributed by atoms with Crippen LogP contribution in [0.4, 0.5) is 17.3 Å². The van der Waals surface area contributed by atoms with Crippen molar-refractivity contribution in [2.75, 3.05) is 102 Å². The number of benzene rings is 1.